The molecule has 1 aromatic heterocycles. The van der Waals surface area contributed by atoms with E-state index in [0.29, 0.717) is 29.0 Å². The molecule has 3 rings (SSSR count). The molecule has 9 heteroatoms. The summed E-state index contributed by atoms with van der Waals surface area (Å²) >= 11 is 1.10. The van der Waals surface area contributed by atoms with E-state index < -0.39 is 33.9 Å². The Morgan fingerprint density at radius 3 is 2.56 bits per heavy atom. The van der Waals surface area contributed by atoms with Crippen molar-refractivity contribution in [3.8, 4) is 0 Å². The van der Waals surface area contributed by atoms with Crippen molar-refractivity contribution >= 4 is 39.5 Å². The van der Waals surface area contributed by atoms with Gasteiger partial charge in [0.25, 0.3) is 5.91 Å². The fraction of sp³-hybridized carbons (Fsp3) is 0.562. The second-order valence-electron chi connectivity index (χ2n) is 6.83. The maximum Gasteiger partial charge on any atom is 0.264 e. The van der Waals surface area contributed by atoms with Crippen LogP contribution in [0, 0.1) is 11.8 Å². The second kappa shape index (κ2) is 6.21. The Morgan fingerprint density at radius 2 is 2.04 bits per heavy atom. The summed E-state index contributed by atoms with van der Waals surface area (Å²) in [5.74, 6) is -1.31. The van der Waals surface area contributed by atoms with Gasteiger partial charge in [0.2, 0.25) is 15.9 Å². The standard InChI is InChI=1S/C16H20N2O5S2/c1-9(2)13-14-11(18(16(13)21)25(3,22)23)6-7-17(14)15(20)12-5-4-10(8-19)24-12/h4-5,8-9,11,13-14H,6-7H2,1-3H3/t11-,13?,14-/m1/s1. The molecule has 2 amide bonds. The lowest BCUT2D eigenvalue weighted by atomic mass is 9.88. The van der Waals surface area contributed by atoms with Crippen LogP contribution in [0.1, 0.15) is 39.6 Å². The molecule has 2 aliphatic heterocycles. The summed E-state index contributed by atoms with van der Waals surface area (Å²) in [7, 11) is -3.68. The zero-order chi connectivity index (χ0) is 18.5. The van der Waals surface area contributed by atoms with E-state index in [-0.39, 0.29) is 11.8 Å². The summed E-state index contributed by atoms with van der Waals surface area (Å²) in [6, 6.07) is 2.21. The first-order chi connectivity index (χ1) is 11.7. The monoisotopic (exact) mass is 384 g/mol. The minimum atomic E-state index is -3.68. The third kappa shape index (κ3) is 2.89. The summed E-state index contributed by atoms with van der Waals surface area (Å²) in [6.45, 7) is 4.12. The molecule has 2 aliphatic rings. The zero-order valence-electron chi connectivity index (χ0n) is 14.2. The number of hydrogen-bond acceptors (Lipinski definition) is 6. The molecule has 25 heavy (non-hydrogen) atoms. The van der Waals surface area contributed by atoms with Crippen molar-refractivity contribution < 1.29 is 22.8 Å². The van der Waals surface area contributed by atoms with Crippen LogP contribution in [-0.2, 0) is 14.8 Å². The summed E-state index contributed by atoms with van der Waals surface area (Å²) in [5, 5.41) is 0. The molecule has 2 fully saturated rings. The van der Waals surface area contributed by atoms with Gasteiger partial charge < -0.3 is 4.90 Å². The molecule has 7 nitrogen and oxygen atoms in total. The lowest BCUT2D eigenvalue weighted by Gasteiger charge is -2.28. The third-order valence-corrected chi connectivity index (χ3v) is 7.05. The number of hydrogen-bond donors (Lipinski definition) is 0. The third-order valence-electron chi connectivity index (χ3n) is 4.88. The Balaban J connectivity index is 1.98. The topological polar surface area (TPSA) is 91.8 Å². The van der Waals surface area contributed by atoms with Gasteiger partial charge in [-0.15, -0.1) is 11.3 Å². The van der Waals surface area contributed by atoms with Crippen LogP contribution in [0.15, 0.2) is 12.1 Å². The summed E-state index contributed by atoms with van der Waals surface area (Å²) in [4.78, 5) is 39.0. The van der Waals surface area contributed by atoms with Gasteiger partial charge in [-0.3, -0.25) is 14.4 Å². The van der Waals surface area contributed by atoms with Crippen LogP contribution in [0.25, 0.3) is 0 Å². The number of fused-ring (bicyclic) bond motifs is 1. The van der Waals surface area contributed by atoms with E-state index in [1.165, 1.54) is 0 Å². The van der Waals surface area contributed by atoms with Gasteiger partial charge >= 0.3 is 0 Å². The molecule has 2 saturated heterocycles. The van der Waals surface area contributed by atoms with Crippen LogP contribution < -0.4 is 0 Å². The van der Waals surface area contributed by atoms with E-state index in [0.717, 1.165) is 21.9 Å². The quantitative estimate of drug-likeness (QED) is 0.728. The number of thiophene rings is 1. The molecule has 0 bridgehead atoms. The van der Waals surface area contributed by atoms with Crippen molar-refractivity contribution in [3.63, 3.8) is 0 Å². The van der Waals surface area contributed by atoms with Crippen LogP contribution in [0.4, 0.5) is 0 Å². The first-order valence-corrected chi connectivity index (χ1v) is 10.7. The molecule has 0 spiro atoms. The highest BCUT2D eigenvalue weighted by molar-refractivity contribution is 7.88. The number of aldehydes is 1. The molecule has 0 aliphatic carbocycles. The summed E-state index contributed by atoms with van der Waals surface area (Å²) < 4.78 is 25.2. The lowest BCUT2D eigenvalue weighted by Crippen LogP contribution is -2.44. The highest BCUT2D eigenvalue weighted by Gasteiger charge is 2.58. The number of carbonyl (C=O) groups is 3. The largest absolute Gasteiger partial charge is 0.332 e. The number of carbonyl (C=O) groups excluding carboxylic acids is 3. The number of nitrogens with zero attached hydrogens (tertiary/aromatic N) is 2. The van der Waals surface area contributed by atoms with Gasteiger partial charge in [0.1, 0.15) is 0 Å². The Kier molecular flexibility index (Phi) is 4.48. The van der Waals surface area contributed by atoms with E-state index in [2.05, 4.69) is 0 Å². The Bertz CT molecular complexity index is 829. The molecule has 1 aromatic rings. The minimum absolute atomic E-state index is 0.0889. The summed E-state index contributed by atoms with van der Waals surface area (Å²) in [5.41, 5.74) is 0. The predicted molar refractivity (Wildman–Crippen MR) is 93.0 cm³/mol. The van der Waals surface area contributed by atoms with Crippen LogP contribution >= 0.6 is 11.3 Å². The van der Waals surface area contributed by atoms with Crippen LogP contribution in [0.3, 0.4) is 0 Å². The van der Waals surface area contributed by atoms with Crippen LogP contribution in [-0.4, -0.2) is 60.6 Å². The fourth-order valence-electron chi connectivity index (χ4n) is 3.94. The minimum Gasteiger partial charge on any atom is -0.332 e. The van der Waals surface area contributed by atoms with Gasteiger partial charge in [0.15, 0.2) is 6.29 Å². The van der Waals surface area contributed by atoms with Gasteiger partial charge in [-0.05, 0) is 24.5 Å². The highest BCUT2D eigenvalue weighted by Crippen LogP contribution is 2.42. The average molecular weight is 384 g/mol. The molecule has 0 aromatic carbocycles. The Morgan fingerprint density at radius 1 is 1.36 bits per heavy atom. The van der Waals surface area contributed by atoms with Crippen molar-refractivity contribution in [2.24, 2.45) is 11.8 Å². The van der Waals surface area contributed by atoms with E-state index in [4.69, 9.17) is 0 Å². The van der Waals surface area contributed by atoms with Crippen molar-refractivity contribution in [2.75, 3.05) is 12.8 Å². The zero-order valence-corrected chi connectivity index (χ0v) is 15.8. The normalized spacial score (nSPS) is 26.4. The van der Waals surface area contributed by atoms with Gasteiger partial charge in [-0.25, -0.2) is 12.7 Å². The number of sulfonamides is 1. The van der Waals surface area contributed by atoms with E-state index in [1.807, 2.05) is 13.8 Å². The maximum absolute atomic E-state index is 12.9. The molecule has 136 valence electrons. The number of amides is 2. The highest BCUT2D eigenvalue weighted by atomic mass is 32.2. The van der Waals surface area contributed by atoms with Crippen molar-refractivity contribution in [1.29, 1.82) is 0 Å². The second-order valence-corrected chi connectivity index (χ2v) is 9.81. The first-order valence-electron chi connectivity index (χ1n) is 8.06. The van der Waals surface area contributed by atoms with Crippen molar-refractivity contribution in [3.05, 3.63) is 21.9 Å². The Hall–Kier alpha value is -1.74. The average Bonchev–Trinajstić information content (AvgIpc) is 3.18. The number of likely N-dealkylation sites (tertiary alicyclic amines) is 1. The summed E-state index contributed by atoms with van der Waals surface area (Å²) in [6.07, 6.45) is 2.16. The SMILES string of the molecule is CC(C)C1C(=O)N(S(C)(=O)=O)[C@@H]2CCN(C(=O)c3ccc(C=O)s3)[C@@H]12. The molecular formula is C16H20N2O5S2. The van der Waals surface area contributed by atoms with Gasteiger partial charge in [-0.1, -0.05) is 13.8 Å². The number of rotatable bonds is 4. The molecule has 3 atom stereocenters. The van der Waals surface area contributed by atoms with E-state index >= 15 is 0 Å². The van der Waals surface area contributed by atoms with Gasteiger partial charge in [0.05, 0.1) is 34.0 Å². The lowest BCUT2D eigenvalue weighted by molar-refractivity contribution is -0.129. The fourth-order valence-corrected chi connectivity index (χ4v) is 5.89. The van der Waals surface area contributed by atoms with Crippen molar-refractivity contribution in [1.82, 2.24) is 9.21 Å². The van der Waals surface area contributed by atoms with Crippen molar-refractivity contribution in [2.45, 2.75) is 32.4 Å². The van der Waals surface area contributed by atoms with Crippen LogP contribution in [0.2, 0.25) is 0 Å². The molecule has 0 radical (unpaired) electrons. The molecule has 0 saturated carbocycles. The first kappa shape index (κ1) is 18.1. The van der Waals surface area contributed by atoms with Gasteiger partial charge in [-0.2, -0.15) is 0 Å². The smallest absolute Gasteiger partial charge is 0.264 e. The predicted octanol–water partition coefficient (Wildman–Crippen LogP) is 1.22. The van der Waals surface area contributed by atoms with Gasteiger partial charge in [0, 0.05) is 6.54 Å². The Labute approximate surface area is 150 Å². The van der Waals surface area contributed by atoms with Crippen LogP contribution in [0.5, 0.6) is 0 Å². The maximum atomic E-state index is 12.9. The molecular weight excluding hydrogens is 364 g/mol. The molecule has 1 unspecified atom stereocenters. The van der Waals surface area contributed by atoms with E-state index in [9.17, 15) is 22.8 Å². The van der Waals surface area contributed by atoms with E-state index in [1.54, 1.807) is 17.0 Å². The molecule has 0 N–H and O–H groups in total. The molecule has 3 heterocycles.